The Morgan fingerprint density at radius 2 is 0.940 bits per heavy atom. The normalized spacial score (nSPS) is 12.3. The van der Waals surface area contributed by atoms with Crippen LogP contribution in [0.4, 0.5) is 22.7 Å². The number of hydrogen-bond acceptors (Lipinski definition) is 11. The number of benzene rings is 4. The Morgan fingerprint density at radius 1 is 0.567 bits per heavy atom. The van der Waals surface area contributed by atoms with Crippen LogP contribution in [-0.4, -0.2) is 55.0 Å². The second-order valence-corrected chi connectivity index (χ2v) is 18.5. The zero-order valence-electron chi connectivity index (χ0n) is 38.8. The number of Topliss-reactive ketones (excluding diaryl/α,β-unsaturated/α-hetero) is 2. The second kappa shape index (κ2) is 31.0. The van der Waals surface area contributed by atoms with Gasteiger partial charge in [0.15, 0.2) is 11.6 Å². The lowest BCUT2D eigenvalue weighted by Crippen LogP contribution is -2.31. The maximum absolute atomic E-state index is 12.7. The van der Waals surface area contributed by atoms with Crippen LogP contribution < -0.4 is 16.4 Å². The highest BCUT2D eigenvalue weighted by molar-refractivity contribution is 7.85. The van der Waals surface area contributed by atoms with Gasteiger partial charge in [0.25, 0.3) is 21.9 Å². The zero-order valence-corrected chi connectivity index (χ0v) is 41.1. The fourth-order valence-corrected chi connectivity index (χ4v) is 7.67. The third-order valence-electron chi connectivity index (χ3n) is 10.6. The maximum Gasteiger partial charge on any atom is 0.294 e. The highest BCUT2D eigenvalue weighted by Gasteiger charge is 2.25. The van der Waals surface area contributed by atoms with Crippen molar-refractivity contribution >= 4 is 79.5 Å². The molecule has 0 bridgehead atoms. The van der Waals surface area contributed by atoms with Gasteiger partial charge in [0, 0.05) is 11.4 Å². The molecular weight excluding hydrogens is 914 g/mol. The van der Waals surface area contributed by atoms with Crippen molar-refractivity contribution in [3.05, 3.63) is 101 Å². The van der Waals surface area contributed by atoms with Crippen LogP contribution in [0.5, 0.6) is 0 Å². The number of rotatable bonds is 28. The van der Waals surface area contributed by atoms with Crippen molar-refractivity contribution in [2.45, 2.75) is 140 Å². The lowest BCUT2D eigenvalue weighted by Gasteiger charge is -2.10. The number of ketones is 2. The van der Waals surface area contributed by atoms with Crippen LogP contribution in [-0.2, 0) is 29.3 Å². The van der Waals surface area contributed by atoms with Crippen molar-refractivity contribution in [3.63, 3.8) is 0 Å². The molecule has 4 rings (SSSR count). The lowest BCUT2D eigenvalue weighted by molar-refractivity contribution is -0.127. The Hall–Kier alpha value is -5.19. The summed E-state index contributed by atoms with van der Waals surface area (Å²) >= 11 is 12.9. The molecule has 17 heteroatoms. The third kappa shape index (κ3) is 21.5. The molecule has 0 aliphatic heterocycles. The van der Waals surface area contributed by atoms with Crippen LogP contribution in [0.15, 0.2) is 116 Å². The Bertz CT molecular complexity index is 2330. The SMILES string of the molecule is CC(=O)C(N=Nc1ccc(-c2ccc(N=NC(C(C)=O)C(=O)Nc3ccc(S(=O)(=O)O)cc3)c(Cl)c2)cc1Cl)C(=O)Nc1ccccc1.CCCCCCCCCCCCCCCCCCN. The number of carbonyl (C=O) groups is 4. The Balaban J connectivity index is 0.000000528. The number of nitrogens with zero attached hydrogens (tertiary/aromatic N) is 4. The molecule has 5 N–H and O–H groups in total. The number of anilines is 2. The van der Waals surface area contributed by atoms with E-state index in [9.17, 15) is 27.6 Å². The van der Waals surface area contributed by atoms with E-state index in [-0.39, 0.29) is 32.0 Å². The first kappa shape index (κ1) is 56.1. The van der Waals surface area contributed by atoms with Gasteiger partial charge in [0.05, 0.1) is 14.9 Å². The lowest BCUT2D eigenvalue weighted by atomic mass is 10.0. The first-order valence-electron chi connectivity index (χ1n) is 23.0. The summed E-state index contributed by atoms with van der Waals surface area (Å²) in [6.07, 6.45) is 22.9. The summed E-state index contributed by atoms with van der Waals surface area (Å²) in [5.41, 5.74) is 7.80. The third-order valence-corrected chi connectivity index (χ3v) is 12.0. The van der Waals surface area contributed by atoms with Crippen LogP contribution in [0.25, 0.3) is 11.1 Å². The summed E-state index contributed by atoms with van der Waals surface area (Å²) in [6.45, 7) is 5.55. The first-order chi connectivity index (χ1) is 32.1. The molecule has 0 aliphatic carbocycles. The van der Waals surface area contributed by atoms with Gasteiger partial charge >= 0.3 is 0 Å². The summed E-state index contributed by atoms with van der Waals surface area (Å²) in [5, 5.41) is 21.2. The molecule has 2 atom stereocenters. The molecule has 362 valence electrons. The van der Waals surface area contributed by atoms with Gasteiger partial charge in [-0.2, -0.15) is 28.9 Å². The highest BCUT2D eigenvalue weighted by Crippen LogP contribution is 2.35. The van der Waals surface area contributed by atoms with E-state index in [0.717, 1.165) is 25.6 Å². The molecule has 0 spiro atoms. The van der Waals surface area contributed by atoms with Crippen molar-refractivity contribution < 1.29 is 32.1 Å². The zero-order chi connectivity index (χ0) is 49.0. The Kier molecular flexibility index (Phi) is 25.9. The fraction of sp³-hybridized carbons (Fsp3) is 0.440. The molecule has 0 heterocycles. The average Bonchev–Trinajstić information content (AvgIpc) is 3.29. The number of unbranched alkanes of at least 4 members (excludes halogenated alkanes) is 15. The summed E-state index contributed by atoms with van der Waals surface area (Å²) in [6, 6.07) is 19.9. The standard InChI is InChI=1S/C32H26Cl2N6O7S.C18H39N/c1-18(41)29(31(43)35-22-6-4-3-5-7-22)39-37-27-14-8-20(16-25(27)33)21-9-15-28(26(34)17-21)38-40-30(19(2)42)32(44)36-23-10-12-24(13-11-23)48(45,46)47;1-2-3-4-5-6-7-8-9-10-11-12-13-14-15-16-17-18-19/h3-17,29-30H,1-2H3,(H,35,43)(H,36,44)(H,45,46,47);2-19H2,1H3. The number of amides is 2. The molecular formula is C50H65Cl2N7O7S. The van der Waals surface area contributed by atoms with E-state index in [1.54, 1.807) is 60.7 Å². The van der Waals surface area contributed by atoms with Crippen molar-refractivity contribution in [1.82, 2.24) is 0 Å². The molecule has 0 fully saturated rings. The number of nitrogens with one attached hydrogen (secondary N) is 2. The maximum atomic E-state index is 12.7. The van der Waals surface area contributed by atoms with Crippen molar-refractivity contribution in [3.8, 4) is 11.1 Å². The second-order valence-electron chi connectivity index (χ2n) is 16.2. The van der Waals surface area contributed by atoms with E-state index in [4.69, 9.17) is 33.5 Å². The molecule has 0 saturated carbocycles. The van der Waals surface area contributed by atoms with Crippen LogP contribution in [0, 0.1) is 0 Å². The molecule has 14 nitrogen and oxygen atoms in total. The van der Waals surface area contributed by atoms with Gasteiger partial charge < -0.3 is 16.4 Å². The van der Waals surface area contributed by atoms with E-state index in [1.807, 2.05) is 0 Å². The number of azo groups is 2. The summed E-state index contributed by atoms with van der Waals surface area (Å²) in [4.78, 5) is 49.2. The van der Waals surface area contributed by atoms with Gasteiger partial charge in [-0.05, 0) is 98.6 Å². The molecule has 0 saturated heterocycles. The van der Waals surface area contributed by atoms with E-state index >= 15 is 0 Å². The van der Waals surface area contributed by atoms with E-state index < -0.39 is 45.6 Å². The summed E-state index contributed by atoms with van der Waals surface area (Å²) in [7, 11) is -4.42. The van der Waals surface area contributed by atoms with E-state index in [1.165, 1.54) is 128 Å². The fourth-order valence-electron chi connectivity index (χ4n) is 6.76. The Morgan fingerprint density at radius 3 is 1.28 bits per heavy atom. The van der Waals surface area contributed by atoms with Crippen molar-refractivity contribution in [2.75, 3.05) is 17.2 Å². The molecule has 4 aromatic rings. The Labute approximate surface area is 405 Å². The van der Waals surface area contributed by atoms with Crippen LogP contribution in [0.1, 0.15) is 124 Å². The molecule has 2 amide bonds. The van der Waals surface area contributed by atoms with Gasteiger partial charge in [0.2, 0.25) is 12.1 Å². The predicted molar refractivity (Wildman–Crippen MR) is 268 cm³/mol. The largest absolute Gasteiger partial charge is 0.330 e. The van der Waals surface area contributed by atoms with Gasteiger partial charge in [-0.15, -0.1) is 0 Å². The first-order valence-corrected chi connectivity index (χ1v) is 25.2. The molecule has 4 aromatic carbocycles. The number of para-hydroxylation sites is 1. The smallest absolute Gasteiger partial charge is 0.294 e. The van der Waals surface area contributed by atoms with Gasteiger partial charge in [-0.25, -0.2) is 0 Å². The quantitative estimate of drug-likeness (QED) is 0.0185. The highest BCUT2D eigenvalue weighted by atomic mass is 35.5. The monoisotopic (exact) mass is 977 g/mol. The van der Waals surface area contributed by atoms with Crippen molar-refractivity contribution in [2.24, 2.45) is 26.2 Å². The van der Waals surface area contributed by atoms with Gasteiger partial charge in [-0.1, -0.05) is 157 Å². The van der Waals surface area contributed by atoms with Gasteiger partial charge in [0.1, 0.15) is 11.4 Å². The van der Waals surface area contributed by atoms with E-state index in [2.05, 4.69) is 38.0 Å². The van der Waals surface area contributed by atoms with Crippen LogP contribution >= 0.6 is 23.2 Å². The van der Waals surface area contributed by atoms with E-state index in [0.29, 0.717) is 16.8 Å². The van der Waals surface area contributed by atoms with Crippen molar-refractivity contribution in [1.29, 1.82) is 0 Å². The predicted octanol–water partition coefficient (Wildman–Crippen LogP) is 13.5. The molecule has 67 heavy (non-hydrogen) atoms. The number of nitrogens with two attached hydrogens (primary N) is 1. The minimum atomic E-state index is -4.42. The molecule has 0 radical (unpaired) electrons. The van der Waals surface area contributed by atoms with Gasteiger partial charge in [-0.3, -0.25) is 23.7 Å². The molecule has 2 unspecified atom stereocenters. The number of hydrogen-bond donors (Lipinski definition) is 4. The minimum absolute atomic E-state index is 0.147. The topological polar surface area (TPSA) is 222 Å². The number of carbonyl (C=O) groups excluding carboxylic acids is 4. The average molecular weight is 979 g/mol. The van der Waals surface area contributed by atoms with Crippen LogP contribution in [0.3, 0.4) is 0 Å². The van der Waals surface area contributed by atoms with Crippen LogP contribution in [0.2, 0.25) is 10.0 Å². The minimum Gasteiger partial charge on any atom is -0.330 e. The summed E-state index contributed by atoms with van der Waals surface area (Å²) in [5.74, 6) is -2.58. The number of halogens is 2. The molecule has 0 aliphatic rings. The summed E-state index contributed by atoms with van der Waals surface area (Å²) < 4.78 is 31.5. The molecule has 0 aromatic heterocycles.